The number of piperazine rings is 1. The Labute approximate surface area is 217 Å². The molecule has 2 aromatic carbocycles. The predicted molar refractivity (Wildman–Crippen MR) is 144 cm³/mol. The van der Waals surface area contributed by atoms with Gasteiger partial charge < -0.3 is 10.6 Å². The van der Waals surface area contributed by atoms with Crippen LogP contribution >= 0.6 is 22.9 Å². The molecular weight excluding hydrogens is 498 g/mol. The summed E-state index contributed by atoms with van der Waals surface area (Å²) in [5, 5.41) is 16.3. The summed E-state index contributed by atoms with van der Waals surface area (Å²) in [7, 11) is 1.75. The molecule has 0 unspecified atom stereocenters. The summed E-state index contributed by atoms with van der Waals surface area (Å²) in [6, 6.07) is 16.5. The lowest BCUT2D eigenvalue weighted by molar-refractivity contribution is 0.0954. The zero-order valence-electron chi connectivity index (χ0n) is 19.7. The molecule has 0 aliphatic carbocycles. The van der Waals surface area contributed by atoms with Crippen LogP contribution in [-0.2, 0) is 6.54 Å². The number of carbonyl (C=O) groups is 2. The molecule has 0 saturated carbocycles. The summed E-state index contributed by atoms with van der Waals surface area (Å²) in [6.45, 7) is 4.93. The van der Waals surface area contributed by atoms with Crippen LogP contribution in [0.4, 0.5) is 11.5 Å². The molecule has 2 amide bonds. The standard InChI is InChI=1S/C25H26ClN7O2S/c1-32(19-8-6-18(26)7-9-19)31-24(35)21-14-20-22(29-30-25(20)36-21)28-23(34)17-4-2-16(3-5-17)15-33-12-10-27-11-13-33/h2-9,14,27H,10-13,15H2,1H3,(H,31,35)(H2,28,29,30,34). The summed E-state index contributed by atoms with van der Waals surface area (Å²) in [5.41, 5.74) is 5.35. The molecule has 0 bridgehead atoms. The lowest BCUT2D eigenvalue weighted by Gasteiger charge is -2.27. The third-order valence-electron chi connectivity index (χ3n) is 6.03. The van der Waals surface area contributed by atoms with Gasteiger partial charge in [-0.2, -0.15) is 5.10 Å². The number of H-pyrrole nitrogens is 1. The fourth-order valence-electron chi connectivity index (χ4n) is 4.03. The van der Waals surface area contributed by atoms with E-state index >= 15 is 0 Å². The average molecular weight is 524 g/mol. The first-order valence-corrected chi connectivity index (χ1v) is 12.8. The SMILES string of the molecule is CN(NC(=O)c1cc2c(NC(=O)c3ccc(CN4CCNCC4)cc3)n[nH]c2s1)c1ccc(Cl)cc1. The summed E-state index contributed by atoms with van der Waals surface area (Å²) >= 11 is 7.21. The molecule has 1 aliphatic heterocycles. The second kappa shape index (κ2) is 10.7. The maximum Gasteiger partial charge on any atom is 0.279 e. The number of aromatic nitrogens is 2. The highest BCUT2D eigenvalue weighted by atomic mass is 35.5. The maximum atomic E-state index is 12.8. The molecule has 0 radical (unpaired) electrons. The van der Waals surface area contributed by atoms with Gasteiger partial charge in [-0.15, -0.1) is 11.3 Å². The molecule has 2 aromatic heterocycles. The van der Waals surface area contributed by atoms with Crippen LogP contribution in [0.15, 0.2) is 54.6 Å². The molecule has 1 fully saturated rings. The Morgan fingerprint density at radius 1 is 1.08 bits per heavy atom. The maximum absolute atomic E-state index is 12.8. The second-order valence-corrected chi connectivity index (χ2v) is 10.1. The van der Waals surface area contributed by atoms with Gasteiger partial charge in [0, 0.05) is 50.4 Å². The van der Waals surface area contributed by atoms with E-state index in [-0.39, 0.29) is 11.8 Å². The molecule has 5 rings (SSSR count). The highest BCUT2D eigenvalue weighted by Crippen LogP contribution is 2.29. The number of aromatic amines is 1. The van der Waals surface area contributed by atoms with E-state index in [2.05, 4.69) is 31.2 Å². The highest BCUT2D eigenvalue weighted by Gasteiger charge is 2.18. The number of halogens is 1. The second-order valence-electron chi connectivity index (χ2n) is 8.58. The number of hydrogen-bond acceptors (Lipinski definition) is 7. The minimum Gasteiger partial charge on any atom is -0.314 e. The molecule has 0 atom stereocenters. The summed E-state index contributed by atoms with van der Waals surface area (Å²) < 4.78 is 0. The van der Waals surface area contributed by atoms with Gasteiger partial charge in [0.25, 0.3) is 11.8 Å². The number of anilines is 2. The van der Waals surface area contributed by atoms with Crippen LogP contribution in [-0.4, -0.2) is 60.1 Å². The summed E-state index contributed by atoms with van der Waals surface area (Å²) in [6.07, 6.45) is 0. The quantitative estimate of drug-likeness (QED) is 0.275. The molecule has 1 aliphatic rings. The van der Waals surface area contributed by atoms with Crippen LogP contribution in [0.1, 0.15) is 25.6 Å². The number of thiophene rings is 1. The van der Waals surface area contributed by atoms with E-state index in [9.17, 15) is 9.59 Å². The number of nitrogens with one attached hydrogen (secondary N) is 4. The van der Waals surface area contributed by atoms with E-state index in [1.807, 2.05) is 36.4 Å². The molecule has 186 valence electrons. The normalized spacial score (nSPS) is 14.1. The number of nitrogens with zero attached hydrogens (tertiary/aromatic N) is 3. The number of hydrogen-bond donors (Lipinski definition) is 4. The molecule has 1 saturated heterocycles. The number of carbonyl (C=O) groups excluding carboxylic acids is 2. The Balaban J connectivity index is 1.23. The molecule has 11 heteroatoms. The van der Waals surface area contributed by atoms with Gasteiger partial charge in [-0.25, -0.2) is 0 Å². The van der Waals surface area contributed by atoms with Crippen LogP contribution in [0.5, 0.6) is 0 Å². The fourth-order valence-corrected chi connectivity index (χ4v) is 5.05. The highest BCUT2D eigenvalue weighted by molar-refractivity contribution is 7.20. The molecule has 4 N–H and O–H groups in total. The minimum absolute atomic E-state index is 0.253. The Bertz CT molecular complexity index is 1360. The zero-order valence-corrected chi connectivity index (χ0v) is 21.2. The largest absolute Gasteiger partial charge is 0.314 e. The molecule has 4 aromatic rings. The number of fused-ring (bicyclic) bond motifs is 1. The van der Waals surface area contributed by atoms with Gasteiger partial charge in [0.15, 0.2) is 5.82 Å². The molecular formula is C25H26ClN7O2S. The van der Waals surface area contributed by atoms with Crippen molar-refractivity contribution in [2.24, 2.45) is 0 Å². The van der Waals surface area contributed by atoms with Crippen molar-refractivity contribution in [3.8, 4) is 0 Å². The van der Waals surface area contributed by atoms with E-state index in [0.717, 1.165) is 38.4 Å². The van der Waals surface area contributed by atoms with Crippen molar-refractivity contribution >= 4 is 56.5 Å². The number of benzene rings is 2. The lowest BCUT2D eigenvalue weighted by atomic mass is 10.1. The Kier molecular flexibility index (Phi) is 7.19. The van der Waals surface area contributed by atoms with Gasteiger partial charge in [-0.05, 0) is 48.0 Å². The number of amides is 2. The van der Waals surface area contributed by atoms with Crippen LogP contribution in [0.2, 0.25) is 5.02 Å². The van der Waals surface area contributed by atoms with E-state index < -0.39 is 0 Å². The first-order chi connectivity index (χ1) is 17.5. The predicted octanol–water partition coefficient (Wildman–Crippen LogP) is 3.72. The van der Waals surface area contributed by atoms with E-state index in [1.54, 1.807) is 30.3 Å². The van der Waals surface area contributed by atoms with Gasteiger partial charge in [0.05, 0.1) is 16.0 Å². The van der Waals surface area contributed by atoms with Crippen molar-refractivity contribution in [1.29, 1.82) is 0 Å². The van der Waals surface area contributed by atoms with Crippen LogP contribution in [0.25, 0.3) is 10.2 Å². The topological polar surface area (TPSA) is 105 Å². The van der Waals surface area contributed by atoms with Crippen molar-refractivity contribution in [2.45, 2.75) is 6.54 Å². The Morgan fingerprint density at radius 3 is 2.53 bits per heavy atom. The number of hydrazine groups is 1. The number of rotatable bonds is 7. The average Bonchev–Trinajstić information content (AvgIpc) is 3.47. The van der Waals surface area contributed by atoms with Crippen molar-refractivity contribution < 1.29 is 9.59 Å². The van der Waals surface area contributed by atoms with Gasteiger partial charge in [-0.3, -0.25) is 30.0 Å². The summed E-state index contributed by atoms with van der Waals surface area (Å²) in [5.74, 6) is -0.127. The van der Waals surface area contributed by atoms with Crippen LogP contribution in [0.3, 0.4) is 0 Å². The van der Waals surface area contributed by atoms with Crippen molar-refractivity contribution in [1.82, 2.24) is 25.8 Å². The third kappa shape index (κ3) is 5.52. The molecule has 3 heterocycles. The van der Waals surface area contributed by atoms with Gasteiger partial charge in [0.1, 0.15) is 4.83 Å². The third-order valence-corrected chi connectivity index (χ3v) is 7.32. The van der Waals surface area contributed by atoms with E-state index in [4.69, 9.17) is 11.6 Å². The molecule has 36 heavy (non-hydrogen) atoms. The molecule has 9 nitrogen and oxygen atoms in total. The fraction of sp³-hybridized carbons (Fsp3) is 0.240. The lowest BCUT2D eigenvalue weighted by Crippen LogP contribution is -2.42. The van der Waals surface area contributed by atoms with Gasteiger partial charge in [-0.1, -0.05) is 23.7 Å². The molecule has 0 spiro atoms. The Hall–Kier alpha value is -3.44. The minimum atomic E-state index is -0.264. The van der Waals surface area contributed by atoms with Gasteiger partial charge in [0.2, 0.25) is 0 Å². The first kappa shape index (κ1) is 24.3. The van der Waals surface area contributed by atoms with E-state index in [0.29, 0.717) is 31.5 Å². The van der Waals surface area contributed by atoms with Gasteiger partial charge >= 0.3 is 0 Å². The van der Waals surface area contributed by atoms with Crippen LogP contribution < -0.4 is 21.1 Å². The monoisotopic (exact) mass is 523 g/mol. The first-order valence-electron chi connectivity index (χ1n) is 11.6. The zero-order chi connectivity index (χ0) is 25.1. The van der Waals surface area contributed by atoms with Crippen molar-refractivity contribution in [2.75, 3.05) is 43.6 Å². The van der Waals surface area contributed by atoms with Crippen molar-refractivity contribution in [3.05, 3.63) is 75.6 Å². The Morgan fingerprint density at radius 2 is 1.81 bits per heavy atom. The van der Waals surface area contributed by atoms with E-state index in [1.165, 1.54) is 16.9 Å². The smallest absolute Gasteiger partial charge is 0.279 e. The summed E-state index contributed by atoms with van der Waals surface area (Å²) in [4.78, 5) is 29.2. The van der Waals surface area contributed by atoms with Crippen molar-refractivity contribution in [3.63, 3.8) is 0 Å². The van der Waals surface area contributed by atoms with Crippen LogP contribution in [0, 0.1) is 0 Å².